The molecule has 0 saturated heterocycles. The van der Waals surface area contributed by atoms with Crippen molar-refractivity contribution in [2.75, 3.05) is 0 Å². The van der Waals surface area contributed by atoms with Gasteiger partial charge < -0.3 is 10.2 Å². The van der Waals surface area contributed by atoms with Gasteiger partial charge in [-0.15, -0.1) is 0 Å². The molecule has 0 bridgehead atoms. The number of carbonyl (C=O) groups is 1. The summed E-state index contributed by atoms with van der Waals surface area (Å²) in [6, 6.07) is 21.6. The van der Waals surface area contributed by atoms with E-state index in [9.17, 15) is 4.79 Å². The van der Waals surface area contributed by atoms with Gasteiger partial charge in [0.2, 0.25) is 0 Å². The second kappa shape index (κ2) is 16.1. The SMILES string of the molecule is CC(C)C[SiH](CC(C)C)c1ccc(C(=O)O)cc1.CC(C)C[SiH](CC(C)C)c1ccc(CO)cc1. The zero-order valence-electron chi connectivity index (χ0n) is 23.4. The van der Waals surface area contributed by atoms with Gasteiger partial charge in [0, 0.05) is 0 Å². The monoisotopic (exact) mass is 514 g/mol. The summed E-state index contributed by atoms with van der Waals surface area (Å²) in [7, 11) is -1.77. The number of aliphatic hydroxyl groups is 1. The molecule has 0 heterocycles. The first-order valence-corrected chi connectivity index (χ1v) is 17.9. The number of hydrogen-bond donors (Lipinski definition) is 2. The topological polar surface area (TPSA) is 57.5 Å². The average Bonchev–Trinajstić information content (AvgIpc) is 2.77. The molecule has 0 amide bonds. The van der Waals surface area contributed by atoms with Crippen LogP contribution in [-0.2, 0) is 6.61 Å². The summed E-state index contributed by atoms with van der Waals surface area (Å²) >= 11 is 0. The third-order valence-electron chi connectivity index (χ3n) is 6.29. The Labute approximate surface area is 218 Å². The van der Waals surface area contributed by atoms with Crippen molar-refractivity contribution in [3.8, 4) is 0 Å². The van der Waals surface area contributed by atoms with Crippen LogP contribution in [0.2, 0.25) is 24.2 Å². The number of aromatic carboxylic acids is 1. The molecule has 0 aliphatic rings. The van der Waals surface area contributed by atoms with Crippen molar-refractivity contribution < 1.29 is 15.0 Å². The average molecular weight is 515 g/mol. The second-order valence-electron chi connectivity index (χ2n) is 11.7. The van der Waals surface area contributed by atoms with Crippen LogP contribution in [0.3, 0.4) is 0 Å². The lowest BCUT2D eigenvalue weighted by Gasteiger charge is -2.20. The molecule has 5 heteroatoms. The summed E-state index contributed by atoms with van der Waals surface area (Å²) < 4.78 is 0. The van der Waals surface area contributed by atoms with Crippen LogP contribution in [0.1, 0.15) is 71.3 Å². The molecule has 35 heavy (non-hydrogen) atoms. The Balaban J connectivity index is 0.000000351. The van der Waals surface area contributed by atoms with Crippen LogP contribution in [0.15, 0.2) is 48.5 Å². The normalized spacial score (nSPS) is 11.6. The van der Waals surface area contributed by atoms with Gasteiger partial charge in [-0.3, -0.25) is 0 Å². The van der Waals surface area contributed by atoms with Crippen molar-refractivity contribution in [1.29, 1.82) is 0 Å². The molecule has 196 valence electrons. The molecule has 0 saturated carbocycles. The van der Waals surface area contributed by atoms with E-state index >= 15 is 0 Å². The highest BCUT2D eigenvalue weighted by molar-refractivity contribution is 6.73. The number of carboxylic acid groups (broad SMARTS) is 1. The van der Waals surface area contributed by atoms with Crippen LogP contribution < -0.4 is 10.4 Å². The molecule has 0 aliphatic carbocycles. The summed E-state index contributed by atoms with van der Waals surface area (Å²) in [5.74, 6) is 2.19. The summed E-state index contributed by atoms with van der Waals surface area (Å²) in [6.07, 6.45) is 0. The highest BCUT2D eigenvalue weighted by Gasteiger charge is 2.18. The minimum absolute atomic E-state index is 0.154. The lowest BCUT2D eigenvalue weighted by Crippen LogP contribution is -2.32. The molecular formula is C30H50O3Si2. The second-order valence-corrected chi connectivity index (χ2v) is 17.7. The highest BCUT2D eigenvalue weighted by atomic mass is 28.3. The summed E-state index contributed by atoms with van der Waals surface area (Å²) in [5.41, 5.74) is 1.41. The minimum atomic E-state index is -0.953. The maximum Gasteiger partial charge on any atom is 0.335 e. The summed E-state index contributed by atoms with van der Waals surface area (Å²) in [6.45, 7) is 18.5. The third-order valence-corrected chi connectivity index (χ3v) is 15.0. The fourth-order valence-corrected chi connectivity index (χ4v) is 12.3. The molecule has 2 aromatic carbocycles. The first-order chi connectivity index (χ1) is 16.4. The van der Waals surface area contributed by atoms with E-state index in [1.54, 1.807) is 17.3 Å². The lowest BCUT2D eigenvalue weighted by molar-refractivity contribution is 0.0697. The van der Waals surface area contributed by atoms with Gasteiger partial charge in [0.15, 0.2) is 0 Å². The number of aliphatic hydroxyl groups excluding tert-OH is 1. The van der Waals surface area contributed by atoms with Crippen LogP contribution in [0.25, 0.3) is 0 Å². The van der Waals surface area contributed by atoms with Crippen LogP contribution in [0, 0.1) is 23.7 Å². The molecule has 0 spiro atoms. The molecule has 0 atom stereocenters. The van der Waals surface area contributed by atoms with E-state index < -0.39 is 23.6 Å². The van der Waals surface area contributed by atoms with Gasteiger partial charge in [-0.1, -0.05) is 126 Å². The first kappa shape index (κ1) is 31.3. The number of carboxylic acids is 1. The third kappa shape index (κ3) is 12.7. The van der Waals surface area contributed by atoms with E-state index in [2.05, 4.69) is 79.7 Å². The highest BCUT2D eigenvalue weighted by Crippen LogP contribution is 2.16. The zero-order valence-corrected chi connectivity index (χ0v) is 25.7. The molecule has 0 radical (unpaired) electrons. The number of hydrogen-bond acceptors (Lipinski definition) is 2. The molecular weight excluding hydrogens is 464 g/mol. The lowest BCUT2D eigenvalue weighted by atomic mass is 10.2. The van der Waals surface area contributed by atoms with Crippen LogP contribution in [0.4, 0.5) is 0 Å². The summed E-state index contributed by atoms with van der Waals surface area (Å²) in [4.78, 5) is 10.8. The van der Waals surface area contributed by atoms with Gasteiger partial charge >= 0.3 is 5.97 Å². The predicted octanol–water partition coefficient (Wildman–Crippen LogP) is 6.06. The van der Waals surface area contributed by atoms with Crippen LogP contribution in [0.5, 0.6) is 0 Å². The zero-order chi connectivity index (χ0) is 26.5. The summed E-state index contributed by atoms with van der Waals surface area (Å²) in [5, 5.41) is 21.0. The van der Waals surface area contributed by atoms with Crippen molar-refractivity contribution in [1.82, 2.24) is 0 Å². The predicted molar refractivity (Wildman–Crippen MR) is 158 cm³/mol. The Bertz CT molecular complexity index is 823. The van der Waals surface area contributed by atoms with E-state index in [0.29, 0.717) is 5.56 Å². The van der Waals surface area contributed by atoms with Gasteiger partial charge in [0.25, 0.3) is 0 Å². The number of benzene rings is 2. The molecule has 0 aliphatic heterocycles. The Morgan fingerprint density at radius 2 is 0.943 bits per heavy atom. The van der Waals surface area contributed by atoms with Crippen LogP contribution >= 0.6 is 0 Å². The molecule has 2 rings (SSSR count). The fraction of sp³-hybridized carbons (Fsp3) is 0.567. The van der Waals surface area contributed by atoms with Gasteiger partial charge in [-0.05, 0) is 41.4 Å². The first-order valence-electron chi connectivity index (χ1n) is 13.5. The van der Waals surface area contributed by atoms with Crippen molar-refractivity contribution >= 4 is 33.9 Å². The maximum absolute atomic E-state index is 10.8. The van der Waals surface area contributed by atoms with Crippen molar-refractivity contribution in [2.45, 2.75) is 86.2 Å². The molecule has 3 nitrogen and oxygen atoms in total. The Kier molecular flexibility index (Phi) is 14.4. The smallest absolute Gasteiger partial charge is 0.335 e. The van der Waals surface area contributed by atoms with Crippen molar-refractivity contribution in [3.63, 3.8) is 0 Å². The number of rotatable bonds is 12. The maximum atomic E-state index is 10.8. The van der Waals surface area contributed by atoms with Gasteiger partial charge in [0.05, 0.1) is 29.8 Å². The van der Waals surface area contributed by atoms with E-state index in [4.69, 9.17) is 10.2 Å². The minimum Gasteiger partial charge on any atom is -0.478 e. The molecule has 0 aromatic heterocycles. The molecule has 2 N–H and O–H groups in total. The Morgan fingerprint density at radius 1 is 0.629 bits per heavy atom. The van der Waals surface area contributed by atoms with Crippen molar-refractivity contribution in [3.05, 3.63) is 59.7 Å². The van der Waals surface area contributed by atoms with Gasteiger partial charge in [0.1, 0.15) is 0 Å². The quantitative estimate of drug-likeness (QED) is 0.339. The molecule has 2 aromatic rings. The van der Waals surface area contributed by atoms with Crippen molar-refractivity contribution in [2.24, 2.45) is 23.7 Å². The van der Waals surface area contributed by atoms with Crippen LogP contribution in [-0.4, -0.2) is 33.8 Å². The van der Waals surface area contributed by atoms with Gasteiger partial charge in [-0.2, -0.15) is 0 Å². The fourth-order valence-electron chi connectivity index (χ4n) is 4.81. The van der Waals surface area contributed by atoms with E-state index in [1.165, 1.54) is 29.4 Å². The van der Waals surface area contributed by atoms with E-state index in [0.717, 1.165) is 29.2 Å². The van der Waals surface area contributed by atoms with E-state index in [-0.39, 0.29) is 6.61 Å². The van der Waals surface area contributed by atoms with E-state index in [1.807, 2.05) is 12.1 Å². The molecule has 0 fully saturated rings. The Hall–Kier alpha value is -1.70. The molecule has 0 unspecified atom stereocenters. The van der Waals surface area contributed by atoms with Gasteiger partial charge in [-0.25, -0.2) is 4.79 Å². The standard InChI is InChI=1S/C15H24O2Si.C15H26OSi/c1-11(2)9-18(10-12(3)4)14-7-5-13(6-8-14)15(16)17;1-12(2)10-17(11-13(3)4)15-7-5-14(9-16)6-8-15/h5-8,11-12,18H,9-10H2,1-4H3,(H,16,17);5-8,12-13,16-17H,9-11H2,1-4H3. The largest absolute Gasteiger partial charge is 0.478 e. The Morgan fingerprint density at radius 3 is 1.20 bits per heavy atom.